The highest BCUT2D eigenvalue weighted by Crippen LogP contribution is 2.21. The van der Waals surface area contributed by atoms with Crippen LogP contribution in [0, 0.1) is 5.41 Å². The molecule has 0 saturated carbocycles. The number of nitrogens with one attached hydrogen (secondary N) is 2. The summed E-state index contributed by atoms with van der Waals surface area (Å²) >= 11 is 0. The van der Waals surface area contributed by atoms with Gasteiger partial charge in [-0.15, -0.1) is 5.73 Å². The fourth-order valence-corrected chi connectivity index (χ4v) is 5.02. The third-order valence-electron chi connectivity index (χ3n) is 5.47. The van der Waals surface area contributed by atoms with Gasteiger partial charge in [-0.3, -0.25) is 14.4 Å². The molecule has 224 valence electrons. The minimum Gasteiger partial charge on any atom is -0.395 e. The Balaban J connectivity index is 3.63. The Morgan fingerprint density at radius 2 is 1.38 bits per heavy atom. The number of unbranched alkanes of at least 4 members (excludes halogenated alkanes) is 1. The Labute approximate surface area is 250 Å². The molecular weight excluding hydrogens is 540 g/mol. The van der Waals surface area contributed by atoms with E-state index in [2.05, 4.69) is 71.9 Å². The molecule has 0 rings (SSSR count). The summed E-state index contributed by atoms with van der Waals surface area (Å²) < 4.78 is 0. The normalized spacial score (nSPS) is 11.9. The molecule has 0 heterocycles. The lowest BCUT2D eigenvalue weighted by atomic mass is 9.89. The molecule has 0 spiro atoms. The van der Waals surface area contributed by atoms with Gasteiger partial charge in [-0.25, -0.2) is 0 Å². The molecule has 0 radical (unpaired) electrons. The molecule has 0 fully saturated rings. The maximum atomic E-state index is 11.9. The molecule has 2 amide bonds. The molecule has 3 N–H and O–H groups in total. The van der Waals surface area contributed by atoms with E-state index in [0.29, 0.717) is 25.9 Å². The van der Waals surface area contributed by atoms with Gasteiger partial charge in [0.1, 0.15) is 0 Å². The van der Waals surface area contributed by atoms with Crippen molar-refractivity contribution in [2.75, 3.05) is 31.2 Å². The Hall–Kier alpha value is -2.25. The van der Waals surface area contributed by atoms with Crippen LogP contribution in [-0.4, -0.2) is 53.9 Å². The molecule has 0 aliphatic carbocycles. The summed E-state index contributed by atoms with van der Waals surface area (Å²) in [5, 5.41) is 14.7. The van der Waals surface area contributed by atoms with E-state index in [9.17, 15) is 14.4 Å². The smallest absolute Gasteiger partial charge is 0.288 e. The zero-order valence-corrected chi connectivity index (χ0v) is 26.3. The largest absolute Gasteiger partial charge is 0.395 e. The molecule has 8 heteroatoms. The van der Waals surface area contributed by atoms with Crippen LogP contribution in [-0.2, 0) is 14.4 Å². The molecule has 0 aromatic heterocycles. The Kier molecular flexibility index (Phi) is 25.4. The second-order valence-corrected chi connectivity index (χ2v) is 12.4. The topological polar surface area (TPSA) is 95.5 Å². The summed E-state index contributed by atoms with van der Waals surface area (Å²) in [6.07, 6.45) is 29.0. The molecule has 0 aromatic carbocycles. The van der Waals surface area contributed by atoms with Crippen LogP contribution in [0.25, 0.3) is 0 Å². The minimum atomic E-state index is -1.04. The molecule has 6 nitrogen and oxygen atoms in total. The molecule has 0 atom stereocenters. The Bertz CT molecular complexity index is 885. The predicted molar refractivity (Wildman–Crippen MR) is 173 cm³/mol. The van der Waals surface area contributed by atoms with Crippen molar-refractivity contribution >= 4 is 39.2 Å². The van der Waals surface area contributed by atoms with E-state index in [1.54, 1.807) is 35.4 Å². The maximum absolute atomic E-state index is 11.9. The van der Waals surface area contributed by atoms with Crippen molar-refractivity contribution in [2.24, 2.45) is 5.41 Å². The second-order valence-electron chi connectivity index (χ2n) is 9.68. The zero-order chi connectivity index (χ0) is 29.7. The molecule has 0 saturated heterocycles. The summed E-state index contributed by atoms with van der Waals surface area (Å²) in [6, 6.07) is 0. The van der Waals surface area contributed by atoms with E-state index in [4.69, 9.17) is 5.11 Å². The zero-order valence-electron chi connectivity index (χ0n) is 24.7. The lowest BCUT2D eigenvalue weighted by molar-refractivity contribution is -0.144. The lowest BCUT2D eigenvalue weighted by Crippen LogP contribution is -2.41. The van der Waals surface area contributed by atoms with Gasteiger partial charge in [0.15, 0.2) is 0 Å². The van der Waals surface area contributed by atoms with Crippen molar-refractivity contribution in [2.45, 2.75) is 78.6 Å². The monoisotopic (exact) mass is 590 g/mol. The van der Waals surface area contributed by atoms with E-state index in [1.165, 1.54) is 0 Å². The van der Waals surface area contributed by atoms with Crippen molar-refractivity contribution in [1.82, 2.24) is 10.6 Å². The van der Waals surface area contributed by atoms with E-state index >= 15 is 0 Å². The highest BCUT2D eigenvalue weighted by Gasteiger charge is 2.31. The number of ketones is 1. The van der Waals surface area contributed by atoms with E-state index in [0.717, 1.165) is 56.5 Å². The highest BCUT2D eigenvalue weighted by atomic mass is 33.1. The van der Waals surface area contributed by atoms with Gasteiger partial charge in [-0.2, -0.15) is 0 Å². The molecule has 0 aromatic rings. The van der Waals surface area contributed by atoms with Crippen molar-refractivity contribution in [3.8, 4) is 0 Å². The number of allylic oxidation sites excluding steroid dienone is 9. The molecule has 0 aliphatic rings. The Morgan fingerprint density at radius 3 is 2.00 bits per heavy atom. The number of hydrogen-bond acceptors (Lipinski definition) is 6. The molecular formula is C32H50N2O4S2. The number of aliphatic hydroxyl groups is 1. The van der Waals surface area contributed by atoms with E-state index in [-0.39, 0.29) is 12.5 Å². The number of carbonyl (C=O) groups excluding carboxylic acids is 3. The number of rotatable bonds is 24. The fraction of sp³-hybridized carbons (Fsp3) is 0.562. The average Bonchev–Trinajstić information content (AvgIpc) is 2.95. The van der Waals surface area contributed by atoms with Gasteiger partial charge in [-0.1, -0.05) is 91.0 Å². The predicted octanol–water partition coefficient (Wildman–Crippen LogP) is 6.65. The van der Waals surface area contributed by atoms with Crippen LogP contribution in [0.2, 0.25) is 0 Å². The Morgan fingerprint density at radius 1 is 0.775 bits per heavy atom. The van der Waals surface area contributed by atoms with E-state index < -0.39 is 17.1 Å². The number of aliphatic hydroxyl groups excluding tert-OH is 1. The van der Waals surface area contributed by atoms with Gasteiger partial charge in [0.25, 0.3) is 5.91 Å². The highest BCUT2D eigenvalue weighted by molar-refractivity contribution is 8.76. The molecule has 0 aliphatic heterocycles. The van der Waals surface area contributed by atoms with Gasteiger partial charge in [0.2, 0.25) is 11.7 Å². The van der Waals surface area contributed by atoms with Gasteiger partial charge in [-0.05, 0) is 63.5 Å². The van der Waals surface area contributed by atoms with Crippen LogP contribution < -0.4 is 10.6 Å². The van der Waals surface area contributed by atoms with Gasteiger partial charge in [0.05, 0.1) is 12.0 Å². The van der Waals surface area contributed by atoms with Crippen molar-refractivity contribution in [3.05, 3.63) is 66.5 Å². The summed E-state index contributed by atoms with van der Waals surface area (Å²) in [7, 11) is 3.45. The van der Waals surface area contributed by atoms with Crippen LogP contribution in [0.3, 0.4) is 0 Å². The van der Waals surface area contributed by atoms with Gasteiger partial charge >= 0.3 is 0 Å². The molecule has 40 heavy (non-hydrogen) atoms. The lowest BCUT2D eigenvalue weighted by Gasteiger charge is -2.18. The first-order valence-corrected chi connectivity index (χ1v) is 16.8. The van der Waals surface area contributed by atoms with Crippen LogP contribution in [0.4, 0.5) is 0 Å². The third-order valence-corrected chi connectivity index (χ3v) is 7.96. The average molecular weight is 591 g/mol. The summed E-state index contributed by atoms with van der Waals surface area (Å²) in [4.78, 5) is 35.6. The number of amides is 2. The quantitative estimate of drug-likeness (QED) is 0.0383. The molecule has 0 unspecified atom stereocenters. The van der Waals surface area contributed by atoms with Crippen LogP contribution in [0.5, 0.6) is 0 Å². The maximum Gasteiger partial charge on any atom is 0.288 e. The van der Waals surface area contributed by atoms with Crippen molar-refractivity contribution in [3.63, 3.8) is 0 Å². The standard InChI is InChI=1S/C32H50N2O4S2/c1-4-5-6-7-8-9-10-11-12-13-14-15-16-17-18-19-20-23-29(36)33-25-27-40-39-26-22-21-24-34-31(38)30(37)32(2,3)28-35/h5-6,8-9,11-12,14-15,17,19,35H,4,7,10,13,16,20-28H2,1-3H3,(H,33,36)(H,34,38)/b6-5-,9-8-,12-11-,15-14-. The van der Waals surface area contributed by atoms with Gasteiger partial charge < -0.3 is 15.7 Å². The van der Waals surface area contributed by atoms with Crippen LogP contribution in [0.1, 0.15) is 78.6 Å². The van der Waals surface area contributed by atoms with Crippen LogP contribution >= 0.6 is 21.6 Å². The molecule has 0 bridgehead atoms. The second kappa shape index (κ2) is 26.9. The minimum absolute atomic E-state index is 0.0530. The van der Waals surface area contributed by atoms with E-state index in [1.807, 2.05) is 12.2 Å². The first-order chi connectivity index (χ1) is 19.3. The summed E-state index contributed by atoms with van der Waals surface area (Å²) in [5.74, 6) is 0.597. The SMILES string of the molecule is CC/C=C\C/C=C\C/C=C\C/C=C\CC=C=CCCC(=O)NCCSSCCCCNC(=O)C(=O)C(C)(C)CO. The summed E-state index contributed by atoms with van der Waals surface area (Å²) in [6.45, 7) is 5.98. The van der Waals surface area contributed by atoms with Crippen molar-refractivity contribution in [1.29, 1.82) is 0 Å². The van der Waals surface area contributed by atoms with Gasteiger partial charge in [0, 0.05) is 31.0 Å². The number of Topliss-reactive ketones (excluding diaryl/α,β-unsaturated/α-hetero) is 1. The van der Waals surface area contributed by atoms with Crippen LogP contribution in [0.15, 0.2) is 66.5 Å². The van der Waals surface area contributed by atoms with Crippen molar-refractivity contribution < 1.29 is 19.5 Å². The summed E-state index contributed by atoms with van der Waals surface area (Å²) in [5.41, 5.74) is 2.09. The fourth-order valence-electron chi connectivity index (χ4n) is 2.97. The first-order valence-electron chi connectivity index (χ1n) is 14.3. The number of hydrogen-bond donors (Lipinski definition) is 3. The third kappa shape index (κ3) is 23.6. The number of carbonyl (C=O) groups is 3. The first kappa shape index (κ1) is 37.8.